The normalized spacial score (nSPS) is 27.3. The van der Waals surface area contributed by atoms with E-state index >= 15 is 0 Å². The summed E-state index contributed by atoms with van der Waals surface area (Å²) < 4.78 is 12.8. The Bertz CT molecular complexity index is 1040. The Morgan fingerprint density at radius 1 is 0.946 bits per heavy atom. The van der Waals surface area contributed by atoms with Crippen LogP contribution in [0.2, 0.25) is 0 Å². The van der Waals surface area contributed by atoms with Crippen LogP contribution in [0.15, 0.2) is 65.7 Å². The van der Waals surface area contributed by atoms with Crippen molar-refractivity contribution in [3.8, 4) is 5.75 Å². The van der Waals surface area contributed by atoms with Crippen LogP contribution in [-0.4, -0.2) is 61.8 Å². The summed E-state index contributed by atoms with van der Waals surface area (Å²) in [5.74, 6) is 1.06. The van der Waals surface area contributed by atoms with Gasteiger partial charge < -0.3 is 19.1 Å². The number of hydrogen-bond donors (Lipinski definition) is 0. The number of aliphatic imine (C=N–C) groups is 1. The first-order chi connectivity index (χ1) is 18.1. The van der Waals surface area contributed by atoms with Crippen molar-refractivity contribution in [3.63, 3.8) is 0 Å². The van der Waals surface area contributed by atoms with E-state index in [-0.39, 0.29) is 18.0 Å². The molecule has 0 aromatic heterocycles. The largest absolute Gasteiger partial charge is 0.858 e. The molecule has 3 aliphatic heterocycles. The van der Waals surface area contributed by atoms with E-state index in [1.54, 1.807) is 0 Å². The van der Waals surface area contributed by atoms with Crippen LogP contribution in [-0.2, 0) is 14.9 Å². The van der Waals surface area contributed by atoms with Gasteiger partial charge in [0.2, 0.25) is 0 Å². The molecule has 1 saturated carbocycles. The molecule has 0 N–H and O–H groups in total. The van der Waals surface area contributed by atoms with Gasteiger partial charge in [-0.05, 0) is 30.5 Å². The molecule has 0 amide bonds. The minimum atomic E-state index is -0.543. The molecule has 1 aliphatic carbocycles. The second-order valence-electron chi connectivity index (χ2n) is 11.2. The van der Waals surface area contributed by atoms with Gasteiger partial charge >= 0.3 is 5.97 Å². The van der Waals surface area contributed by atoms with Gasteiger partial charge in [0, 0.05) is 24.7 Å². The summed E-state index contributed by atoms with van der Waals surface area (Å²) in [4.78, 5) is 18.2. The molecule has 2 aromatic carbocycles. The quantitative estimate of drug-likeness (QED) is 0.128. The van der Waals surface area contributed by atoms with Gasteiger partial charge in [0.1, 0.15) is 25.4 Å². The van der Waals surface area contributed by atoms with Crippen LogP contribution in [0.25, 0.3) is 0 Å². The van der Waals surface area contributed by atoms with Gasteiger partial charge in [-0.15, -0.1) is 0 Å². The average molecular weight is 505 g/mol. The van der Waals surface area contributed by atoms with E-state index in [9.17, 15) is 9.90 Å². The van der Waals surface area contributed by atoms with Gasteiger partial charge in [-0.2, -0.15) is 0 Å². The van der Waals surface area contributed by atoms with Crippen LogP contribution in [0.4, 0.5) is 0 Å². The van der Waals surface area contributed by atoms with E-state index in [4.69, 9.17) is 9.47 Å². The lowest BCUT2D eigenvalue weighted by Gasteiger charge is -2.53. The lowest BCUT2D eigenvalue weighted by molar-refractivity contribution is -0.940. The van der Waals surface area contributed by atoms with Gasteiger partial charge in [0.25, 0.3) is 0 Å². The fourth-order valence-corrected chi connectivity index (χ4v) is 6.71. The molecule has 4 aliphatic rings. The van der Waals surface area contributed by atoms with Gasteiger partial charge in [0.15, 0.2) is 6.10 Å². The number of para-hydroxylation sites is 1. The predicted octanol–water partition coefficient (Wildman–Crippen LogP) is 4.27. The van der Waals surface area contributed by atoms with Crippen molar-refractivity contribution in [1.82, 2.24) is 0 Å². The van der Waals surface area contributed by atoms with Crippen LogP contribution < -0.4 is 9.84 Å². The summed E-state index contributed by atoms with van der Waals surface area (Å²) >= 11 is 0. The summed E-state index contributed by atoms with van der Waals surface area (Å²) in [6, 6.07) is 19.9. The van der Waals surface area contributed by atoms with E-state index in [2.05, 4.69) is 17.1 Å². The van der Waals surface area contributed by atoms with Gasteiger partial charge in [-0.25, -0.2) is 0 Å². The number of piperidine rings is 3. The topological polar surface area (TPSA) is 71.0 Å². The number of nitrogens with zero attached hydrogens (tertiary/aromatic N) is 2. The third-order valence-corrected chi connectivity index (χ3v) is 8.84. The van der Waals surface area contributed by atoms with Crippen molar-refractivity contribution in [2.75, 3.05) is 39.3 Å². The number of ether oxygens (including phenoxy) is 2. The van der Waals surface area contributed by atoms with Crippen LogP contribution in [0.1, 0.15) is 56.9 Å². The predicted molar refractivity (Wildman–Crippen MR) is 142 cm³/mol. The summed E-state index contributed by atoms with van der Waals surface area (Å²) in [7, 11) is 0. The first kappa shape index (κ1) is 25.8. The van der Waals surface area contributed by atoms with E-state index in [1.807, 2.05) is 48.5 Å². The molecular formula is C31H40N2O4. The second-order valence-corrected chi connectivity index (χ2v) is 11.2. The zero-order valence-corrected chi connectivity index (χ0v) is 21.9. The molecule has 6 rings (SSSR count). The molecule has 6 heteroatoms. The van der Waals surface area contributed by atoms with Crippen molar-refractivity contribution in [3.05, 3.63) is 66.2 Å². The van der Waals surface area contributed by atoms with Crippen molar-refractivity contribution in [1.29, 1.82) is 0 Å². The maximum atomic E-state index is 13.9. The summed E-state index contributed by atoms with van der Waals surface area (Å²) in [5, 5.41) is 12.8. The minimum absolute atomic E-state index is 0.0495. The van der Waals surface area contributed by atoms with Crippen molar-refractivity contribution in [2.24, 2.45) is 10.9 Å². The standard InChI is InChI=1S/C31H40N2O4/c34-29(32-19-22-36-27-13-7-4-8-14-27)24-33-20-15-25(16-21-33)28(23-33)37-30(35)31(17-9-1-2-10-18-31)26-11-5-3-6-12-26/h3-8,11-14,25,28H,1-2,9-10,15-24H2/t25?,28-,33?/m0/s1. The Hall–Kier alpha value is -2.86. The first-order valence-corrected chi connectivity index (χ1v) is 14.1. The van der Waals surface area contributed by atoms with Crippen LogP contribution in [0.5, 0.6) is 5.75 Å². The summed E-state index contributed by atoms with van der Waals surface area (Å²) in [6.07, 6.45) is 8.07. The highest BCUT2D eigenvalue weighted by atomic mass is 16.5. The van der Waals surface area contributed by atoms with E-state index < -0.39 is 5.41 Å². The fraction of sp³-hybridized carbons (Fsp3) is 0.548. The molecule has 2 aromatic rings. The summed E-state index contributed by atoms with van der Waals surface area (Å²) in [5.41, 5.74) is 0.553. The Labute approximate surface area is 220 Å². The van der Waals surface area contributed by atoms with E-state index in [1.165, 1.54) is 12.8 Å². The third kappa shape index (κ3) is 6.01. The summed E-state index contributed by atoms with van der Waals surface area (Å²) in [6.45, 7) is 3.78. The highest BCUT2D eigenvalue weighted by Crippen LogP contribution is 2.42. The third-order valence-electron chi connectivity index (χ3n) is 8.84. The number of benzene rings is 2. The monoisotopic (exact) mass is 504 g/mol. The fourth-order valence-electron chi connectivity index (χ4n) is 6.71. The van der Waals surface area contributed by atoms with E-state index in [0.717, 1.165) is 69.5 Å². The SMILES string of the molecule is O=C(O[C@H]1C[N+]2(CC([O-])=NCCOc3ccccc3)CCC1CC2)C1(c2ccccc2)CCCCCC1. The molecule has 4 fully saturated rings. The lowest BCUT2D eigenvalue weighted by Crippen LogP contribution is -2.67. The molecule has 1 atom stereocenters. The number of carbonyl (C=O) groups excluding carboxylic acids is 1. The van der Waals surface area contributed by atoms with Crippen LogP contribution in [0, 0.1) is 5.92 Å². The smallest absolute Gasteiger partial charge is 0.317 e. The van der Waals surface area contributed by atoms with Gasteiger partial charge in [0.05, 0.1) is 25.0 Å². The molecule has 0 radical (unpaired) electrons. The molecule has 37 heavy (non-hydrogen) atoms. The minimum Gasteiger partial charge on any atom is -0.858 e. The van der Waals surface area contributed by atoms with Crippen molar-refractivity contribution in [2.45, 2.75) is 62.9 Å². The Morgan fingerprint density at radius 3 is 2.27 bits per heavy atom. The molecule has 0 spiro atoms. The zero-order valence-electron chi connectivity index (χ0n) is 21.9. The number of quaternary nitrogens is 1. The number of rotatable bonds is 9. The highest BCUT2D eigenvalue weighted by Gasteiger charge is 2.50. The lowest BCUT2D eigenvalue weighted by atomic mass is 9.74. The maximum Gasteiger partial charge on any atom is 0.317 e. The molecule has 198 valence electrons. The Morgan fingerprint density at radius 2 is 1.59 bits per heavy atom. The maximum absolute atomic E-state index is 13.9. The first-order valence-electron chi connectivity index (χ1n) is 14.1. The molecule has 2 bridgehead atoms. The number of hydrogen-bond acceptors (Lipinski definition) is 5. The molecule has 3 heterocycles. The number of esters is 1. The number of fused-ring (bicyclic) bond motifs is 3. The Balaban J connectivity index is 1.22. The van der Waals surface area contributed by atoms with Crippen molar-refractivity contribution >= 4 is 11.9 Å². The highest BCUT2D eigenvalue weighted by molar-refractivity contribution is 5.83. The van der Waals surface area contributed by atoms with Crippen LogP contribution >= 0.6 is 0 Å². The second kappa shape index (κ2) is 11.7. The molecular weight excluding hydrogens is 464 g/mol. The van der Waals surface area contributed by atoms with E-state index in [0.29, 0.717) is 30.1 Å². The Kier molecular flexibility index (Phi) is 8.14. The van der Waals surface area contributed by atoms with Crippen LogP contribution in [0.3, 0.4) is 0 Å². The zero-order chi connectivity index (χ0) is 25.6. The molecule has 3 saturated heterocycles. The average Bonchev–Trinajstić information content (AvgIpc) is 3.20. The molecule has 6 nitrogen and oxygen atoms in total. The number of carbonyl (C=O) groups is 1. The van der Waals surface area contributed by atoms with Crippen molar-refractivity contribution < 1.29 is 23.9 Å². The van der Waals surface area contributed by atoms with Gasteiger partial charge in [-0.1, -0.05) is 74.2 Å². The molecule has 0 unspecified atom stereocenters. The van der Waals surface area contributed by atoms with Gasteiger partial charge in [-0.3, -0.25) is 9.79 Å².